The van der Waals surface area contributed by atoms with Gasteiger partial charge in [-0.25, -0.2) is 0 Å². The Kier molecular flexibility index (Phi) is 5.06. The van der Waals surface area contributed by atoms with Gasteiger partial charge in [0.2, 0.25) is 5.91 Å². The van der Waals surface area contributed by atoms with Crippen LogP contribution in [0.4, 0.5) is 0 Å². The van der Waals surface area contributed by atoms with Gasteiger partial charge in [-0.3, -0.25) is 9.59 Å². The number of carbonyl (C=O) groups excluding carboxylic acids is 2. The lowest BCUT2D eigenvalue weighted by molar-refractivity contribution is -0.136. The number of amides is 1. The van der Waals surface area contributed by atoms with Gasteiger partial charge in [0.1, 0.15) is 0 Å². The lowest BCUT2D eigenvalue weighted by Crippen LogP contribution is -2.42. The second kappa shape index (κ2) is 7.41. The Morgan fingerprint density at radius 2 is 1.62 bits per heavy atom. The summed E-state index contributed by atoms with van der Waals surface area (Å²) < 4.78 is 5.30. The molecule has 2 aromatic carbocycles. The van der Waals surface area contributed by atoms with Gasteiger partial charge >= 0.3 is 0 Å². The maximum Gasteiger partial charge on any atom is 0.229 e. The van der Waals surface area contributed by atoms with Crippen LogP contribution in [0.1, 0.15) is 34.3 Å². The lowest BCUT2D eigenvalue weighted by atomic mass is 9.94. The molecule has 0 saturated carbocycles. The van der Waals surface area contributed by atoms with E-state index in [1.165, 1.54) is 0 Å². The van der Waals surface area contributed by atoms with Crippen LogP contribution in [0.5, 0.6) is 0 Å². The lowest BCUT2D eigenvalue weighted by Gasteiger charge is -2.29. The Balaban J connectivity index is 1.79. The summed E-state index contributed by atoms with van der Waals surface area (Å²) in [6.45, 7) is 4.33. The highest BCUT2D eigenvalue weighted by atomic mass is 16.5. The van der Waals surface area contributed by atoms with Crippen molar-refractivity contribution < 1.29 is 14.3 Å². The van der Waals surface area contributed by atoms with E-state index in [0.717, 1.165) is 5.56 Å². The maximum atomic E-state index is 12.6. The molecule has 1 aliphatic heterocycles. The molecule has 0 aliphatic carbocycles. The first-order chi connectivity index (χ1) is 11.7. The van der Waals surface area contributed by atoms with Crippen LogP contribution in [0, 0.1) is 0 Å². The minimum Gasteiger partial charge on any atom is -0.378 e. The summed E-state index contributed by atoms with van der Waals surface area (Å²) in [6.07, 6.45) is 0. The molecule has 0 radical (unpaired) electrons. The van der Waals surface area contributed by atoms with Gasteiger partial charge in [-0.2, -0.15) is 0 Å². The molecule has 0 aromatic heterocycles. The molecule has 124 valence electrons. The normalized spacial score (nSPS) is 15.8. The van der Waals surface area contributed by atoms with Crippen LogP contribution in [0.15, 0.2) is 54.6 Å². The van der Waals surface area contributed by atoms with Crippen molar-refractivity contribution in [3.8, 4) is 0 Å². The van der Waals surface area contributed by atoms with E-state index in [-0.39, 0.29) is 17.6 Å². The van der Waals surface area contributed by atoms with Gasteiger partial charge < -0.3 is 9.64 Å². The van der Waals surface area contributed by atoms with E-state index >= 15 is 0 Å². The van der Waals surface area contributed by atoms with Gasteiger partial charge in [-0.05, 0) is 18.6 Å². The predicted octanol–water partition coefficient (Wildman–Crippen LogP) is 2.88. The molecule has 3 rings (SSSR count). The smallest absolute Gasteiger partial charge is 0.229 e. The summed E-state index contributed by atoms with van der Waals surface area (Å²) in [5.74, 6) is -0.210. The first-order valence-electron chi connectivity index (χ1n) is 8.23. The second-order valence-electron chi connectivity index (χ2n) is 5.98. The second-order valence-corrected chi connectivity index (χ2v) is 5.98. The topological polar surface area (TPSA) is 46.6 Å². The fourth-order valence-electron chi connectivity index (χ4n) is 2.91. The number of hydrogen-bond donors (Lipinski definition) is 0. The molecule has 4 nitrogen and oxygen atoms in total. The fourth-order valence-corrected chi connectivity index (χ4v) is 2.91. The van der Waals surface area contributed by atoms with Crippen LogP contribution in [-0.2, 0) is 9.53 Å². The number of ether oxygens (including phenoxy) is 1. The Bertz CT molecular complexity index is 721. The van der Waals surface area contributed by atoms with Crippen molar-refractivity contribution in [2.24, 2.45) is 0 Å². The van der Waals surface area contributed by atoms with Crippen molar-refractivity contribution in [2.45, 2.75) is 12.8 Å². The van der Waals surface area contributed by atoms with Crippen molar-refractivity contribution in [2.75, 3.05) is 26.3 Å². The summed E-state index contributed by atoms with van der Waals surface area (Å²) >= 11 is 0. The molecule has 0 bridgehead atoms. The van der Waals surface area contributed by atoms with Crippen molar-refractivity contribution in [1.29, 1.82) is 0 Å². The zero-order valence-corrected chi connectivity index (χ0v) is 13.8. The Hall–Kier alpha value is -2.46. The molecule has 2 aromatic rings. The molecule has 1 heterocycles. The summed E-state index contributed by atoms with van der Waals surface area (Å²) in [7, 11) is 0. The number of rotatable bonds is 4. The standard InChI is InChI=1S/C20H21NO3/c1-15(20(23)21-10-12-24-13-11-21)17-8-5-9-18(14-17)19(22)16-6-3-2-4-7-16/h2-9,14-15H,10-13H2,1H3. The largest absolute Gasteiger partial charge is 0.378 e. The summed E-state index contributed by atoms with van der Waals surface area (Å²) in [5, 5.41) is 0. The highest BCUT2D eigenvalue weighted by molar-refractivity contribution is 6.09. The van der Waals surface area contributed by atoms with E-state index in [1.54, 1.807) is 18.2 Å². The molecule has 24 heavy (non-hydrogen) atoms. The molecular weight excluding hydrogens is 302 g/mol. The maximum absolute atomic E-state index is 12.6. The first-order valence-corrected chi connectivity index (χ1v) is 8.23. The van der Waals surface area contributed by atoms with Crippen molar-refractivity contribution in [3.63, 3.8) is 0 Å². The number of ketones is 1. The minimum atomic E-state index is -0.272. The van der Waals surface area contributed by atoms with Crippen LogP contribution < -0.4 is 0 Å². The molecule has 1 amide bonds. The zero-order chi connectivity index (χ0) is 16.9. The van der Waals surface area contributed by atoms with Crippen LogP contribution in [-0.4, -0.2) is 42.9 Å². The molecular formula is C20H21NO3. The molecule has 0 spiro atoms. The van der Waals surface area contributed by atoms with Gasteiger partial charge in [0.25, 0.3) is 0 Å². The SMILES string of the molecule is CC(C(=O)N1CCOCC1)c1cccc(C(=O)c2ccccc2)c1. The van der Waals surface area contributed by atoms with Gasteiger partial charge in [-0.15, -0.1) is 0 Å². The number of hydrogen-bond acceptors (Lipinski definition) is 3. The summed E-state index contributed by atoms with van der Waals surface area (Å²) in [6, 6.07) is 16.6. The highest BCUT2D eigenvalue weighted by Gasteiger charge is 2.24. The average Bonchev–Trinajstić information content (AvgIpc) is 2.67. The van der Waals surface area contributed by atoms with Crippen LogP contribution >= 0.6 is 0 Å². The molecule has 1 unspecified atom stereocenters. The molecule has 1 fully saturated rings. The Labute approximate surface area is 142 Å². The van der Waals surface area contributed by atoms with Gasteiger partial charge in [0.05, 0.1) is 19.1 Å². The van der Waals surface area contributed by atoms with E-state index in [9.17, 15) is 9.59 Å². The fraction of sp³-hybridized carbons (Fsp3) is 0.300. The van der Waals surface area contributed by atoms with Crippen LogP contribution in [0.3, 0.4) is 0 Å². The van der Waals surface area contributed by atoms with Crippen molar-refractivity contribution in [3.05, 3.63) is 71.3 Å². The predicted molar refractivity (Wildman–Crippen MR) is 92.1 cm³/mol. The number of carbonyl (C=O) groups is 2. The quantitative estimate of drug-likeness (QED) is 0.813. The average molecular weight is 323 g/mol. The van der Waals surface area contributed by atoms with Gasteiger partial charge in [0.15, 0.2) is 5.78 Å². The highest BCUT2D eigenvalue weighted by Crippen LogP contribution is 2.21. The summed E-state index contributed by atoms with van der Waals surface area (Å²) in [5.41, 5.74) is 2.13. The van der Waals surface area contributed by atoms with Gasteiger partial charge in [-0.1, -0.05) is 48.5 Å². The Morgan fingerprint density at radius 1 is 0.958 bits per heavy atom. The zero-order valence-electron chi connectivity index (χ0n) is 13.8. The monoisotopic (exact) mass is 323 g/mol. The number of morpholine rings is 1. The molecule has 0 N–H and O–H groups in total. The van der Waals surface area contributed by atoms with Crippen LogP contribution in [0.2, 0.25) is 0 Å². The number of nitrogens with zero attached hydrogens (tertiary/aromatic N) is 1. The Morgan fingerprint density at radius 3 is 2.33 bits per heavy atom. The third kappa shape index (κ3) is 3.54. The summed E-state index contributed by atoms with van der Waals surface area (Å²) in [4.78, 5) is 27.0. The first kappa shape index (κ1) is 16.4. The van der Waals surface area contributed by atoms with Crippen LogP contribution in [0.25, 0.3) is 0 Å². The van der Waals surface area contributed by atoms with E-state index in [0.29, 0.717) is 37.4 Å². The molecule has 1 saturated heterocycles. The molecule has 1 atom stereocenters. The van der Waals surface area contributed by atoms with E-state index in [4.69, 9.17) is 4.74 Å². The third-order valence-corrected chi connectivity index (χ3v) is 4.38. The molecule has 4 heteroatoms. The number of benzene rings is 2. The molecule has 1 aliphatic rings. The van der Waals surface area contributed by atoms with Crippen molar-refractivity contribution in [1.82, 2.24) is 4.90 Å². The van der Waals surface area contributed by atoms with Crippen molar-refractivity contribution >= 4 is 11.7 Å². The van der Waals surface area contributed by atoms with E-state index in [2.05, 4.69) is 0 Å². The van der Waals surface area contributed by atoms with E-state index in [1.807, 2.05) is 48.2 Å². The van der Waals surface area contributed by atoms with Gasteiger partial charge in [0, 0.05) is 24.2 Å². The minimum absolute atomic E-state index is 0.0246. The van der Waals surface area contributed by atoms with E-state index < -0.39 is 0 Å². The third-order valence-electron chi connectivity index (χ3n) is 4.38.